The van der Waals surface area contributed by atoms with Crippen LogP contribution in [-0.4, -0.2) is 61.6 Å². The molecule has 5 heteroatoms. The molecule has 1 amide bonds. The van der Waals surface area contributed by atoms with Crippen LogP contribution in [0.5, 0.6) is 11.5 Å². The highest BCUT2D eigenvalue weighted by molar-refractivity contribution is 5.98. The molecule has 28 heavy (non-hydrogen) atoms. The van der Waals surface area contributed by atoms with Crippen molar-refractivity contribution in [1.82, 2.24) is 9.80 Å². The molecule has 2 aliphatic rings. The van der Waals surface area contributed by atoms with Gasteiger partial charge in [-0.05, 0) is 37.0 Å². The Hall–Kier alpha value is -2.53. The first-order valence-electron chi connectivity index (χ1n) is 10.0. The van der Waals surface area contributed by atoms with E-state index < -0.39 is 0 Å². The van der Waals surface area contributed by atoms with Gasteiger partial charge in [-0.1, -0.05) is 36.4 Å². The van der Waals surface area contributed by atoms with Crippen molar-refractivity contribution in [2.24, 2.45) is 0 Å². The number of rotatable bonds is 6. The average Bonchev–Trinajstić information content (AvgIpc) is 3.58. The summed E-state index contributed by atoms with van der Waals surface area (Å²) in [4.78, 5) is 18.1. The molecule has 1 atom stereocenters. The van der Waals surface area contributed by atoms with Crippen molar-refractivity contribution in [3.63, 3.8) is 0 Å². The molecule has 1 saturated carbocycles. The van der Waals surface area contributed by atoms with Crippen molar-refractivity contribution in [2.45, 2.75) is 31.3 Å². The van der Waals surface area contributed by atoms with Crippen molar-refractivity contribution in [3.05, 3.63) is 59.7 Å². The molecular formula is C23H28N2O3. The molecule has 1 aliphatic heterocycles. The highest BCUT2D eigenvalue weighted by atomic mass is 16.5. The minimum atomic E-state index is 0.0205. The first-order chi connectivity index (χ1) is 13.7. The molecule has 148 valence electrons. The van der Waals surface area contributed by atoms with Gasteiger partial charge in [-0.15, -0.1) is 0 Å². The Bertz CT molecular complexity index is 820. The number of para-hydroxylation sites is 1. The predicted molar refractivity (Wildman–Crippen MR) is 109 cm³/mol. The number of carbonyl (C=O) groups is 1. The molecule has 1 unspecified atom stereocenters. The number of carbonyl (C=O) groups excluding carboxylic acids is 1. The maximum Gasteiger partial charge on any atom is 0.258 e. The third kappa shape index (κ3) is 3.85. The summed E-state index contributed by atoms with van der Waals surface area (Å²) in [5.41, 5.74) is 1.83. The zero-order valence-electron chi connectivity index (χ0n) is 16.6. The van der Waals surface area contributed by atoms with Gasteiger partial charge in [0.2, 0.25) is 0 Å². The van der Waals surface area contributed by atoms with E-state index in [9.17, 15) is 4.79 Å². The predicted octanol–water partition coefficient (Wildman–Crippen LogP) is 3.24. The lowest BCUT2D eigenvalue weighted by Gasteiger charge is -2.42. The number of piperazine rings is 1. The molecule has 1 aliphatic carbocycles. The molecular weight excluding hydrogens is 352 g/mol. The molecule has 2 aromatic rings. The fourth-order valence-corrected chi connectivity index (χ4v) is 4.19. The van der Waals surface area contributed by atoms with Gasteiger partial charge in [0, 0.05) is 31.7 Å². The Morgan fingerprint density at radius 2 is 1.79 bits per heavy atom. The second kappa shape index (κ2) is 8.23. The summed E-state index contributed by atoms with van der Waals surface area (Å²) in [5, 5.41) is 0. The quantitative estimate of drug-likeness (QED) is 0.772. The standard InChI is InChI=1S/C23H28N2O3/c1-27-21-10-6-9-20(22(21)28-2)23(26)25-14-13-24(18-11-12-18)16-19(25)15-17-7-4-3-5-8-17/h3-10,18-19H,11-16H2,1-2H3. The van der Waals surface area contributed by atoms with E-state index in [0.717, 1.165) is 26.1 Å². The van der Waals surface area contributed by atoms with Gasteiger partial charge in [0.15, 0.2) is 11.5 Å². The van der Waals surface area contributed by atoms with Crippen LogP contribution in [-0.2, 0) is 6.42 Å². The van der Waals surface area contributed by atoms with E-state index in [1.807, 2.05) is 29.2 Å². The zero-order valence-corrected chi connectivity index (χ0v) is 16.6. The van der Waals surface area contributed by atoms with Crippen molar-refractivity contribution >= 4 is 5.91 Å². The molecule has 5 nitrogen and oxygen atoms in total. The molecule has 1 saturated heterocycles. The number of benzene rings is 2. The summed E-state index contributed by atoms with van der Waals surface area (Å²) in [6.45, 7) is 2.61. The Labute approximate surface area is 166 Å². The molecule has 2 aromatic carbocycles. The Morgan fingerprint density at radius 1 is 1.00 bits per heavy atom. The highest BCUT2D eigenvalue weighted by Crippen LogP contribution is 2.34. The van der Waals surface area contributed by atoms with Crippen LogP contribution in [0.3, 0.4) is 0 Å². The van der Waals surface area contributed by atoms with Crippen LogP contribution in [0.25, 0.3) is 0 Å². The third-order valence-electron chi connectivity index (χ3n) is 5.79. The van der Waals surface area contributed by atoms with Crippen molar-refractivity contribution in [2.75, 3.05) is 33.9 Å². The lowest BCUT2D eigenvalue weighted by atomic mass is 10.0. The van der Waals surface area contributed by atoms with E-state index in [2.05, 4.69) is 29.2 Å². The molecule has 0 radical (unpaired) electrons. The van der Waals surface area contributed by atoms with E-state index in [-0.39, 0.29) is 11.9 Å². The lowest BCUT2D eigenvalue weighted by molar-refractivity contribution is 0.0434. The fraction of sp³-hybridized carbons (Fsp3) is 0.435. The summed E-state index contributed by atoms with van der Waals surface area (Å²) < 4.78 is 10.9. The Balaban J connectivity index is 1.61. The molecule has 4 rings (SSSR count). The maximum absolute atomic E-state index is 13.5. The third-order valence-corrected chi connectivity index (χ3v) is 5.79. The van der Waals surface area contributed by atoms with Gasteiger partial charge in [0.05, 0.1) is 19.8 Å². The van der Waals surface area contributed by atoms with E-state index >= 15 is 0 Å². The van der Waals surface area contributed by atoms with Gasteiger partial charge in [0.25, 0.3) is 5.91 Å². The number of ether oxygens (including phenoxy) is 2. The summed E-state index contributed by atoms with van der Waals surface area (Å²) in [6.07, 6.45) is 3.44. The number of nitrogens with zero attached hydrogens (tertiary/aromatic N) is 2. The number of hydrogen-bond donors (Lipinski definition) is 0. The van der Waals surface area contributed by atoms with Crippen LogP contribution in [0.2, 0.25) is 0 Å². The van der Waals surface area contributed by atoms with Crippen LogP contribution < -0.4 is 9.47 Å². The van der Waals surface area contributed by atoms with Crippen molar-refractivity contribution in [1.29, 1.82) is 0 Å². The van der Waals surface area contributed by atoms with Gasteiger partial charge < -0.3 is 14.4 Å². The smallest absolute Gasteiger partial charge is 0.258 e. The molecule has 2 fully saturated rings. The average molecular weight is 380 g/mol. The molecule has 0 N–H and O–H groups in total. The number of amides is 1. The summed E-state index contributed by atoms with van der Waals surface area (Å²) in [5.74, 6) is 1.12. The second-order valence-corrected chi connectivity index (χ2v) is 7.61. The zero-order chi connectivity index (χ0) is 19.5. The molecule has 1 heterocycles. The maximum atomic E-state index is 13.5. The van der Waals surface area contributed by atoms with Crippen LogP contribution in [0.15, 0.2) is 48.5 Å². The number of methoxy groups -OCH3 is 2. The van der Waals surface area contributed by atoms with Crippen molar-refractivity contribution in [3.8, 4) is 11.5 Å². The first-order valence-corrected chi connectivity index (χ1v) is 10.0. The molecule has 0 spiro atoms. The number of hydrogen-bond acceptors (Lipinski definition) is 4. The van der Waals surface area contributed by atoms with Gasteiger partial charge in [0.1, 0.15) is 0 Å². The first kappa shape index (κ1) is 18.8. The van der Waals surface area contributed by atoms with Gasteiger partial charge in [-0.3, -0.25) is 9.69 Å². The van der Waals surface area contributed by atoms with Crippen LogP contribution in [0.1, 0.15) is 28.8 Å². The SMILES string of the molecule is COc1cccc(C(=O)N2CCN(C3CC3)CC2Cc2ccccc2)c1OC. The van der Waals surface area contributed by atoms with Crippen LogP contribution >= 0.6 is 0 Å². The Kier molecular flexibility index (Phi) is 5.53. The fourth-order valence-electron chi connectivity index (χ4n) is 4.19. The van der Waals surface area contributed by atoms with E-state index in [4.69, 9.17) is 9.47 Å². The Morgan fingerprint density at radius 3 is 2.46 bits per heavy atom. The summed E-state index contributed by atoms with van der Waals surface area (Å²) in [7, 11) is 3.18. The largest absolute Gasteiger partial charge is 0.493 e. The van der Waals surface area contributed by atoms with E-state index in [1.54, 1.807) is 14.2 Å². The van der Waals surface area contributed by atoms with Gasteiger partial charge in [-0.2, -0.15) is 0 Å². The summed E-state index contributed by atoms with van der Waals surface area (Å²) in [6, 6.07) is 16.8. The van der Waals surface area contributed by atoms with Crippen LogP contribution in [0.4, 0.5) is 0 Å². The minimum absolute atomic E-state index is 0.0205. The normalized spacial score (nSPS) is 20.1. The van der Waals surface area contributed by atoms with Gasteiger partial charge >= 0.3 is 0 Å². The van der Waals surface area contributed by atoms with E-state index in [0.29, 0.717) is 23.1 Å². The van der Waals surface area contributed by atoms with Crippen LogP contribution in [0, 0.1) is 0 Å². The highest BCUT2D eigenvalue weighted by Gasteiger charge is 2.38. The topological polar surface area (TPSA) is 42.0 Å². The van der Waals surface area contributed by atoms with Gasteiger partial charge in [-0.25, -0.2) is 0 Å². The minimum Gasteiger partial charge on any atom is -0.493 e. The van der Waals surface area contributed by atoms with E-state index in [1.165, 1.54) is 18.4 Å². The molecule has 0 bridgehead atoms. The monoisotopic (exact) mass is 380 g/mol. The summed E-state index contributed by atoms with van der Waals surface area (Å²) >= 11 is 0. The molecule has 0 aromatic heterocycles. The van der Waals surface area contributed by atoms with Crippen molar-refractivity contribution < 1.29 is 14.3 Å². The lowest BCUT2D eigenvalue weighted by Crippen LogP contribution is -2.56. The second-order valence-electron chi connectivity index (χ2n) is 7.61.